The first-order valence-electron chi connectivity index (χ1n) is 6.53. The third-order valence-corrected chi connectivity index (χ3v) is 6.65. The molecule has 1 heterocycles. The van der Waals surface area contributed by atoms with Gasteiger partial charge in [-0.05, 0) is 31.0 Å². The summed E-state index contributed by atoms with van der Waals surface area (Å²) in [6, 6.07) is 2.65. The maximum Gasteiger partial charge on any atom is 0.246 e. The van der Waals surface area contributed by atoms with E-state index in [1.165, 1.54) is 23.4 Å². The number of sulfonamides is 1. The van der Waals surface area contributed by atoms with Gasteiger partial charge in [-0.3, -0.25) is 0 Å². The molecule has 0 aromatic heterocycles. The number of aryl methyl sites for hydroxylation is 1. The first-order chi connectivity index (χ1) is 9.36. The predicted molar refractivity (Wildman–Crippen MR) is 80.8 cm³/mol. The Morgan fingerprint density at radius 3 is 2.85 bits per heavy atom. The molecule has 0 amide bonds. The molecule has 1 atom stereocenters. The van der Waals surface area contributed by atoms with Gasteiger partial charge in [-0.2, -0.15) is 16.1 Å². The SMILES string of the molecule is CCC1CN(S(=O)(=O)c2cc(N)cc(C)c2F)CCS1. The molecular formula is C13H19FN2O2S2. The van der Waals surface area contributed by atoms with Crippen LogP contribution in [0.2, 0.25) is 0 Å². The summed E-state index contributed by atoms with van der Waals surface area (Å²) in [5, 5.41) is 0.267. The van der Waals surface area contributed by atoms with Crippen LogP contribution in [0.3, 0.4) is 0 Å². The highest BCUT2D eigenvalue weighted by Crippen LogP contribution is 2.29. The third-order valence-electron chi connectivity index (χ3n) is 3.42. The van der Waals surface area contributed by atoms with Crippen molar-refractivity contribution >= 4 is 27.5 Å². The number of nitrogen functional groups attached to an aromatic ring is 1. The Labute approximate surface area is 123 Å². The number of rotatable bonds is 3. The fourth-order valence-corrected chi connectivity index (χ4v) is 5.30. The van der Waals surface area contributed by atoms with Gasteiger partial charge in [0.15, 0.2) is 0 Å². The lowest BCUT2D eigenvalue weighted by atomic mass is 10.2. The van der Waals surface area contributed by atoms with Crippen LogP contribution in [0.4, 0.5) is 10.1 Å². The van der Waals surface area contributed by atoms with Crippen molar-refractivity contribution in [2.75, 3.05) is 24.6 Å². The molecule has 1 aliphatic rings. The van der Waals surface area contributed by atoms with Crippen molar-refractivity contribution in [2.45, 2.75) is 30.4 Å². The molecule has 7 heteroatoms. The molecule has 112 valence electrons. The van der Waals surface area contributed by atoms with Crippen LogP contribution in [-0.2, 0) is 10.0 Å². The summed E-state index contributed by atoms with van der Waals surface area (Å²) in [6.45, 7) is 4.39. The lowest BCUT2D eigenvalue weighted by Gasteiger charge is -2.31. The number of thioether (sulfide) groups is 1. The molecule has 0 saturated carbocycles. The zero-order chi connectivity index (χ0) is 14.9. The average molecular weight is 318 g/mol. The molecule has 1 fully saturated rings. The van der Waals surface area contributed by atoms with Crippen molar-refractivity contribution in [2.24, 2.45) is 0 Å². The number of nitrogens with two attached hydrogens (primary N) is 1. The van der Waals surface area contributed by atoms with E-state index < -0.39 is 15.8 Å². The largest absolute Gasteiger partial charge is 0.399 e. The van der Waals surface area contributed by atoms with Crippen LogP contribution in [0.5, 0.6) is 0 Å². The lowest BCUT2D eigenvalue weighted by Crippen LogP contribution is -2.42. The third kappa shape index (κ3) is 2.94. The van der Waals surface area contributed by atoms with Gasteiger partial charge in [-0.15, -0.1) is 0 Å². The van der Waals surface area contributed by atoms with Crippen LogP contribution in [0, 0.1) is 12.7 Å². The van der Waals surface area contributed by atoms with Gasteiger partial charge in [0, 0.05) is 29.8 Å². The molecule has 2 N–H and O–H groups in total. The van der Waals surface area contributed by atoms with Crippen LogP contribution in [0.15, 0.2) is 17.0 Å². The van der Waals surface area contributed by atoms with Crippen molar-refractivity contribution in [3.8, 4) is 0 Å². The molecule has 0 aliphatic carbocycles. The molecule has 1 saturated heterocycles. The Balaban J connectivity index is 2.40. The summed E-state index contributed by atoms with van der Waals surface area (Å²) in [6.07, 6.45) is 0.898. The maximum atomic E-state index is 14.1. The van der Waals surface area contributed by atoms with Gasteiger partial charge in [0.25, 0.3) is 0 Å². The van der Waals surface area contributed by atoms with Gasteiger partial charge >= 0.3 is 0 Å². The minimum Gasteiger partial charge on any atom is -0.399 e. The van der Waals surface area contributed by atoms with E-state index in [9.17, 15) is 12.8 Å². The van der Waals surface area contributed by atoms with E-state index in [4.69, 9.17) is 5.73 Å². The molecule has 2 rings (SSSR count). The van der Waals surface area contributed by atoms with E-state index >= 15 is 0 Å². The zero-order valence-corrected chi connectivity index (χ0v) is 13.2. The van der Waals surface area contributed by atoms with Gasteiger partial charge < -0.3 is 5.73 Å². The number of anilines is 1. The molecule has 1 aliphatic heterocycles. The van der Waals surface area contributed by atoms with E-state index in [0.29, 0.717) is 13.1 Å². The summed E-state index contributed by atoms with van der Waals surface area (Å²) < 4.78 is 40.7. The molecule has 1 aromatic rings. The second-order valence-corrected chi connectivity index (χ2v) is 8.23. The highest BCUT2D eigenvalue weighted by atomic mass is 32.2. The van der Waals surface area contributed by atoms with Crippen LogP contribution in [0.25, 0.3) is 0 Å². The number of nitrogens with zero attached hydrogens (tertiary/aromatic N) is 1. The van der Waals surface area contributed by atoms with Crippen LogP contribution >= 0.6 is 11.8 Å². The van der Waals surface area contributed by atoms with Gasteiger partial charge in [-0.25, -0.2) is 12.8 Å². The van der Waals surface area contributed by atoms with Crippen molar-refractivity contribution < 1.29 is 12.8 Å². The average Bonchev–Trinajstić information content (AvgIpc) is 2.42. The van der Waals surface area contributed by atoms with Crippen molar-refractivity contribution in [3.05, 3.63) is 23.5 Å². The van der Waals surface area contributed by atoms with E-state index in [2.05, 4.69) is 0 Å². The quantitative estimate of drug-likeness (QED) is 0.868. The second kappa shape index (κ2) is 5.91. The Kier molecular flexibility index (Phi) is 4.61. The summed E-state index contributed by atoms with van der Waals surface area (Å²) in [5.74, 6) is 0.0335. The summed E-state index contributed by atoms with van der Waals surface area (Å²) in [5.41, 5.74) is 6.17. The van der Waals surface area contributed by atoms with Crippen molar-refractivity contribution in [1.29, 1.82) is 0 Å². The Hall–Kier alpha value is -0.790. The smallest absolute Gasteiger partial charge is 0.246 e. The second-order valence-electron chi connectivity index (χ2n) is 4.91. The maximum absolute atomic E-state index is 14.1. The number of benzene rings is 1. The topological polar surface area (TPSA) is 63.4 Å². The fourth-order valence-electron chi connectivity index (χ4n) is 2.25. The molecular weight excluding hydrogens is 299 g/mol. The highest BCUT2D eigenvalue weighted by molar-refractivity contribution is 8.00. The molecule has 0 spiro atoms. The van der Waals surface area contributed by atoms with Gasteiger partial charge in [-0.1, -0.05) is 6.92 Å². The van der Waals surface area contributed by atoms with Gasteiger partial charge in [0.2, 0.25) is 10.0 Å². The number of halogens is 1. The molecule has 0 radical (unpaired) electrons. The standard InChI is InChI=1S/C13H19FN2O2S2/c1-3-11-8-16(4-5-19-11)20(17,18)12-7-10(15)6-9(2)13(12)14/h6-7,11H,3-5,8,15H2,1-2H3. The fraction of sp³-hybridized carbons (Fsp3) is 0.538. The Morgan fingerprint density at radius 1 is 1.50 bits per heavy atom. The first-order valence-corrected chi connectivity index (χ1v) is 9.02. The minimum atomic E-state index is -3.82. The normalized spacial score (nSPS) is 21.1. The van der Waals surface area contributed by atoms with Crippen LogP contribution < -0.4 is 5.73 Å². The van der Waals surface area contributed by atoms with E-state index in [1.54, 1.807) is 11.8 Å². The molecule has 1 unspecified atom stereocenters. The van der Waals surface area contributed by atoms with E-state index in [0.717, 1.165) is 12.2 Å². The number of hydrogen-bond donors (Lipinski definition) is 1. The lowest BCUT2D eigenvalue weighted by molar-refractivity contribution is 0.412. The monoisotopic (exact) mass is 318 g/mol. The summed E-state index contributed by atoms with van der Waals surface area (Å²) in [4.78, 5) is -0.309. The number of hydrogen-bond acceptors (Lipinski definition) is 4. The summed E-state index contributed by atoms with van der Waals surface area (Å²) >= 11 is 1.76. The summed E-state index contributed by atoms with van der Waals surface area (Å²) in [7, 11) is -3.82. The van der Waals surface area contributed by atoms with Crippen molar-refractivity contribution in [3.63, 3.8) is 0 Å². The van der Waals surface area contributed by atoms with E-state index in [1.807, 2.05) is 6.92 Å². The Bertz CT molecular complexity index is 605. The Morgan fingerprint density at radius 2 is 2.20 bits per heavy atom. The van der Waals surface area contributed by atoms with Crippen LogP contribution in [-0.4, -0.2) is 36.8 Å². The van der Waals surface area contributed by atoms with Gasteiger partial charge in [0.05, 0.1) is 0 Å². The highest BCUT2D eigenvalue weighted by Gasteiger charge is 2.32. The first kappa shape index (κ1) is 15.6. The van der Waals surface area contributed by atoms with E-state index in [-0.39, 0.29) is 21.4 Å². The van der Waals surface area contributed by atoms with Crippen LogP contribution in [0.1, 0.15) is 18.9 Å². The predicted octanol–water partition coefficient (Wildman–Crippen LogP) is 2.23. The van der Waals surface area contributed by atoms with Crippen molar-refractivity contribution in [1.82, 2.24) is 4.31 Å². The molecule has 1 aromatic carbocycles. The minimum absolute atomic E-state index is 0.252. The zero-order valence-electron chi connectivity index (χ0n) is 11.6. The molecule has 4 nitrogen and oxygen atoms in total. The molecule has 20 heavy (non-hydrogen) atoms. The van der Waals surface area contributed by atoms with Gasteiger partial charge in [0.1, 0.15) is 10.7 Å². The molecule has 0 bridgehead atoms.